The van der Waals surface area contributed by atoms with Gasteiger partial charge in [-0.05, 0) is 49.1 Å². The highest BCUT2D eigenvalue weighted by atomic mass is 14.9. The molecule has 1 saturated carbocycles. The van der Waals surface area contributed by atoms with E-state index in [9.17, 15) is 0 Å². The molecule has 3 fully saturated rings. The molecule has 12 heavy (non-hydrogen) atoms. The SMILES string of the molecule is CC(C)(C)C1CNCC2CC1C2. The molecule has 0 radical (unpaired) electrons. The summed E-state index contributed by atoms with van der Waals surface area (Å²) in [4.78, 5) is 0. The van der Waals surface area contributed by atoms with Gasteiger partial charge in [-0.25, -0.2) is 0 Å². The Hall–Kier alpha value is -0.0400. The van der Waals surface area contributed by atoms with E-state index in [1.807, 2.05) is 0 Å². The monoisotopic (exact) mass is 167 g/mol. The van der Waals surface area contributed by atoms with E-state index in [-0.39, 0.29) is 0 Å². The Balaban J connectivity index is 2.05. The van der Waals surface area contributed by atoms with Crippen LogP contribution in [0.1, 0.15) is 33.6 Å². The average molecular weight is 167 g/mol. The maximum Gasteiger partial charge on any atom is -0.00127 e. The Morgan fingerprint density at radius 1 is 1.08 bits per heavy atom. The summed E-state index contributed by atoms with van der Waals surface area (Å²) >= 11 is 0. The van der Waals surface area contributed by atoms with Crippen LogP contribution in [-0.4, -0.2) is 13.1 Å². The van der Waals surface area contributed by atoms with E-state index in [4.69, 9.17) is 0 Å². The third kappa shape index (κ3) is 1.39. The van der Waals surface area contributed by atoms with Crippen LogP contribution in [0.15, 0.2) is 0 Å². The lowest BCUT2D eigenvalue weighted by atomic mass is 9.63. The van der Waals surface area contributed by atoms with Crippen molar-refractivity contribution in [3.8, 4) is 0 Å². The number of nitrogens with one attached hydrogen (secondary N) is 1. The molecule has 0 aromatic carbocycles. The zero-order valence-corrected chi connectivity index (χ0v) is 8.56. The molecule has 1 aliphatic carbocycles. The molecule has 2 saturated heterocycles. The van der Waals surface area contributed by atoms with Crippen molar-refractivity contribution in [2.75, 3.05) is 13.1 Å². The Bertz CT molecular complexity index is 162. The number of rotatable bonds is 0. The van der Waals surface area contributed by atoms with Crippen LogP contribution in [-0.2, 0) is 0 Å². The van der Waals surface area contributed by atoms with E-state index in [1.165, 1.54) is 25.9 Å². The zero-order chi connectivity index (χ0) is 8.77. The van der Waals surface area contributed by atoms with Crippen molar-refractivity contribution in [1.29, 1.82) is 0 Å². The van der Waals surface area contributed by atoms with Crippen LogP contribution in [0, 0.1) is 23.2 Å². The van der Waals surface area contributed by atoms with Gasteiger partial charge in [-0.15, -0.1) is 0 Å². The fourth-order valence-corrected chi connectivity index (χ4v) is 2.91. The van der Waals surface area contributed by atoms with Crippen molar-refractivity contribution < 1.29 is 0 Å². The predicted molar refractivity (Wildman–Crippen MR) is 52.0 cm³/mol. The number of hydrogen-bond donors (Lipinski definition) is 1. The second-order valence-electron chi connectivity index (χ2n) is 5.73. The summed E-state index contributed by atoms with van der Waals surface area (Å²) in [5.41, 5.74) is 0.507. The van der Waals surface area contributed by atoms with Gasteiger partial charge in [0.05, 0.1) is 0 Å². The van der Waals surface area contributed by atoms with Gasteiger partial charge in [-0.2, -0.15) is 0 Å². The van der Waals surface area contributed by atoms with Crippen LogP contribution in [0.2, 0.25) is 0 Å². The Labute approximate surface area is 75.9 Å². The van der Waals surface area contributed by atoms with Crippen LogP contribution >= 0.6 is 0 Å². The smallest absolute Gasteiger partial charge is 0.00127 e. The van der Waals surface area contributed by atoms with Crippen LogP contribution in [0.3, 0.4) is 0 Å². The second-order valence-corrected chi connectivity index (χ2v) is 5.73. The van der Waals surface area contributed by atoms with E-state index in [0.717, 1.165) is 17.8 Å². The first kappa shape index (κ1) is 8.55. The van der Waals surface area contributed by atoms with Gasteiger partial charge >= 0.3 is 0 Å². The van der Waals surface area contributed by atoms with E-state index in [0.29, 0.717) is 5.41 Å². The standard InChI is InChI=1S/C11H21N/c1-11(2,3)10-7-12-6-8-4-9(10)5-8/h8-10,12H,4-7H2,1-3H3. The molecule has 1 unspecified atom stereocenters. The molecule has 0 aromatic heterocycles. The molecule has 1 nitrogen and oxygen atoms in total. The Morgan fingerprint density at radius 3 is 2.33 bits per heavy atom. The normalized spacial score (nSPS) is 41.8. The summed E-state index contributed by atoms with van der Waals surface area (Å²) in [7, 11) is 0. The minimum Gasteiger partial charge on any atom is -0.316 e. The fraction of sp³-hybridized carbons (Fsp3) is 1.00. The first-order chi connectivity index (χ1) is 5.57. The van der Waals surface area contributed by atoms with Gasteiger partial charge in [0, 0.05) is 0 Å². The lowest BCUT2D eigenvalue weighted by Gasteiger charge is -2.42. The number of fused-ring (bicyclic) bond motifs is 3. The van der Waals surface area contributed by atoms with Crippen LogP contribution in [0.5, 0.6) is 0 Å². The van der Waals surface area contributed by atoms with Crippen molar-refractivity contribution >= 4 is 0 Å². The van der Waals surface area contributed by atoms with Crippen molar-refractivity contribution in [2.45, 2.75) is 33.6 Å². The van der Waals surface area contributed by atoms with Gasteiger partial charge in [-0.1, -0.05) is 20.8 Å². The molecule has 0 amide bonds. The first-order valence-electron chi connectivity index (χ1n) is 5.28. The van der Waals surface area contributed by atoms with Crippen molar-refractivity contribution in [2.24, 2.45) is 23.2 Å². The molecule has 1 heteroatoms. The van der Waals surface area contributed by atoms with Gasteiger partial charge in [0.15, 0.2) is 0 Å². The summed E-state index contributed by atoms with van der Waals surface area (Å²) in [5.74, 6) is 2.96. The minimum atomic E-state index is 0.507. The third-order valence-corrected chi connectivity index (χ3v) is 3.75. The quantitative estimate of drug-likeness (QED) is 0.583. The predicted octanol–water partition coefficient (Wildman–Crippen LogP) is 2.28. The highest BCUT2D eigenvalue weighted by Crippen LogP contribution is 2.46. The molecule has 0 aromatic rings. The summed E-state index contributed by atoms with van der Waals surface area (Å²) in [6, 6.07) is 0. The molecule has 2 bridgehead atoms. The zero-order valence-electron chi connectivity index (χ0n) is 8.56. The average Bonchev–Trinajstić information content (AvgIpc) is 2.10. The van der Waals surface area contributed by atoms with Crippen LogP contribution < -0.4 is 5.32 Å². The summed E-state index contributed by atoms with van der Waals surface area (Å²) in [6.07, 6.45) is 2.99. The summed E-state index contributed by atoms with van der Waals surface area (Å²) < 4.78 is 0. The van der Waals surface area contributed by atoms with Crippen LogP contribution in [0.4, 0.5) is 0 Å². The lowest BCUT2D eigenvalue weighted by Crippen LogP contribution is -2.36. The molecule has 2 aliphatic heterocycles. The molecule has 3 aliphatic rings. The highest BCUT2D eigenvalue weighted by Gasteiger charge is 2.41. The molecule has 1 atom stereocenters. The molecule has 0 spiro atoms. The second kappa shape index (κ2) is 2.73. The minimum absolute atomic E-state index is 0.507. The summed E-state index contributed by atoms with van der Waals surface area (Å²) in [5, 5.41) is 3.60. The molecular weight excluding hydrogens is 146 g/mol. The molecule has 1 N–H and O–H groups in total. The van der Waals surface area contributed by atoms with E-state index in [2.05, 4.69) is 26.1 Å². The number of hydrogen-bond acceptors (Lipinski definition) is 1. The van der Waals surface area contributed by atoms with E-state index < -0.39 is 0 Å². The molecule has 70 valence electrons. The van der Waals surface area contributed by atoms with E-state index in [1.54, 1.807) is 0 Å². The first-order valence-corrected chi connectivity index (χ1v) is 5.28. The lowest BCUT2D eigenvalue weighted by molar-refractivity contribution is 0.0830. The van der Waals surface area contributed by atoms with E-state index >= 15 is 0 Å². The molecular formula is C11H21N. The highest BCUT2D eigenvalue weighted by molar-refractivity contribution is 4.94. The van der Waals surface area contributed by atoms with Gasteiger partial charge in [0.2, 0.25) is 0 Å². The van der Waals surface area contributed by atoms with Gasteiger partial charge < -0.3 is 5.32 Å². The topological polar surface area (TPSA) is 12.0 Å². The maximum atomic E-state index is 3.60. The third-order valence-electron chi connectivity index (χ3n) is 3.75. The fourth-order valence-electron chi connectivity index (χ4n) is 2.91. The van der Waals surface area contributed by atoms with Crippen LogP contribution in [0.25, 0.3) is 0 Å². The Kier molecular flexibility index (Phi) is 1.95. The van der Waals surface area contributed by atoms with Gasteiger partial charge in [0.25, 0.3) is 0 Å². The largest absolute Gasteiger partial charge is 0.316 e. The maximum absolute atomic E-state index is 3.60. The summed E-state index contributed by atoms with van der Waals surface area (Å²) in [6.45, 7) is 9.70. The molecule has 2 heterocycles. The van der Waals surface area contributed by atoms with Crippen molar-refractivity contribution in [1.82, 2.24) is 5.32 Å². The van der Waals surface area contributed by atoms with Gasteiger partial charge in [-0.3, -0.25) is 0 Å². The Morgan fingerprint density at radius 2 is 1.75 bits per heavy atom. The molecule has 3 rings (SSSR count). The van der Waals surface area contributed by atoms with Crippen molar-refractivity contribution in [3.05, 3.63) is 0 Å². The van der Waals surface area contributed by atoms with Crippen molar-refractivity contribution in [3.63, 3.8) is 0 Å². The van der Waals surface area contributed by atoms with Gasteiger partial charge in [0.1, 0.15) is 0 Å².